The third kappa shape index (κ3) is 5.81. The van der Waals surface area contributed by atoms with Crippen molar-refractivity contribution in [2.75, 3.05) is 28.3 Å². The zero-order valence-corrected chi connectivity index (χ0v) is 22.2. The number of carbonyl (C=O) groups excluding carboxylic acids is 1. The van der Waals surface area contributed by atoms with Gasteiger partial charge in [-0.2, -0.15) is 10.4 Å². The highest BCUT2D eigenvalue weighted by Gasteiger charge is 2.32. The number of sulfone groups is 1. The predicted molar refractivity (Wildman–Crippen MR) is 143 cm³/mol. The van der Waals surface area contributed by atoms with Gasteiger partial charge in [0.05, 0.1) is 28.9 Å². The molecule has 1 saturated heterocycles. The van der Waals surface area contributed by atoms with Crippen LogP contribution < -0.4 is 10.2 Å². The minimum atomic E-state index is -3.17. The lowest BCUT2D eigenvalue weighted by molar-refractivity contribution is -0.114. The first-order valence-corrected chi connectivity index (χ1v) is 13.9. The van der Waals surface area contributed by atoms with E-state index in [4.69, 9.17) is 11.6 Å². The number of nitriles is 1. The van der Waals surface area contributed by atoms with E-state index in [0.29, 0.717) is 35.1 Å². The van der Waals surface area contributed by atoms with Gasteiger partial charge in [0.2, 0.25) is 5.91 Å². The van der Waals surface area contributed by atoms with Crippen molar-refractivity contribution in [3.63, 3.8) is 0 Å². The summed E-state index contributed by atoms with van der Waals surface area (Å²) in [6.45, 7) is 5.75. The van der Waals surface area contributed by atoms with Crippen molar-refractivity contribution in [1.82, 2.24) is 9.78 Å². The molecule has 12 heteroatoms. The summed E-state index contributed by atoms with van der Waals surface area (Å²) in [4.78, 5) is 14.0. The molecule has 1 unspecified atom stereocenters. The molecule has 37 heavy (non-hydrogen) atoms. The molecular formula is C25H26ClN7O3S. The van der Waals surface area contributed by atoms with Gasteiger partial charge in [-0.1, -0.05) is 11.6 Å². The second-order valence-electron chi connectivity index (χ2n) is 8.70. The van der Waals surface area contributed by atoms with Crippen molar-refractivity contribution in [3.8, 4) is 6.07 Å². The van der Waals surface area contributed by atoms with E-state index >= 15 is 0 Å². The van der Waals surface area contributed by atoms with E-state index in [1.165, 1.54) is 11.6 Å². The molecule has 0 radical (unpaired) electrons. The number of aromatic nitrogens is 2. The molecule has 4 rings (SSSR count). The molecule has 1 N–H and O–H groups in total. The van der Waals surface area contributed by atoms with E-state index in [9.17, 15) is 18.5 Å². The molecular weight excluding hydrogens is 514 g/mol. The first kappa shape index (κ1) is 26.3. The monoisotopic (exact) mass is 539 g/mol. The summed E-state index contributed by atoms with van der Waals surface area (Å²) in [7, 11) is -3.17. The first-order valence-electron chi connectivity index (χ1n) is 11.7. The number of benzene rings is 2. The van der Waals surface area contributed by atoms with Crippen LogP contribution in [-0.2, 0) is 14.6 Å². The highest BCUT2D eigenvalue weighted by atomic mass is 35.5. The van der Waals surface area contributed by atoms with Crippen LogP contribution in [0.5, 0.6) is 0 Å². The predicted octanol–water partition coefficient (Wildman–Crippen LogP) is 5.61. The third-order valence-corrected chi connectivity index (χ3v) is 8.04. The highest BCUT2D eigenvalue weighted by Crippen LogP contribution is 2.36. The zero-order chi connectivity index (χ0) is 26.7. The summed E-state index contributed by atoms with van der Waals surface area (Å²) in [5, 5.41) is 26.2. The van der Waals surface area contributed by atoms with Crippen molar-refractivity contribution in [2.24, 2.45) is 10.2 Å². The normalized spacial score (nSPS) is 16.6. The largest absolute Gasteiger partial charge is 0.342 e. The maximum atomic E-state index is 12.0. The smallest absolute Gasteiger partial charge is 0.221 e. The Balaban J connectivity index is 1.73. The Labute approximate surface area is 220 Å². The number of azo groups is 1. The summed E-state index contributed by atoms with van der Waals surface area (Å²) in [6, 6.07) is 14.5. The fraction of sp³-hybridized carbons (Fsp3) is 0.320. The molecule has 0 spiro atoms. The number of aryl methyl sites for hydroxylation is 1. The van der Waals surface area contributed by atoms with E-state index in [1.54, 1.807) is 19.1 Å². The number of rotatable bonds is 7. The highest BCUT2D eigenvalue weighted by molar-refractivity contribution is 7.91. The maximum absolute atomic E-state index is 12.0. The number of hydrogen-bond acceptors (Lipinski definition) is 8. The van der Waals surface area contributed by atoms with Gasteiger partial charge < -0.3 is 10.2 Å². The Kier molecular flexibility index (Phi) is 7.61. The van der Waals surface area contributed by atoms with Gasteiger partial charge >= 0.3 is 0 Å². The average Bonchev–Trinajstić information content (AvgIpc) is 3.37. The molecule has 1 aliphatic rings. The van der Waals surface area contributed by atoms with Gasteiger partial charge in [-0.3, -0.25) is 4.79 Å². The Hall–Kier alpha value is -3.75. The van der Waals surface area contributed by atoms with Crippen LogP contribution in [0.15, 0.2) is 52.7 Å². The number of hydrogen-bond donors (Lipinski definition) is 1. The van der Waals surface area contributed by atoms with Gasteiger partial charge in [0.25, 0.3) is 0 Å². The molecule has 192 valence electrons. The van der Waals surface area contributed by atoms with Crippen molar-refractivity contribution in [1.29, 1.82) is 5.26 Å². The summed E-state index contributed by atoms with van der Waals surface area (Å²) >= 11 is 6.04. The van der Waals surface area contributed by atoms with Gasteiger partial charge in [0.15, 0.2) is 15.7 Å². The van der Waals surface area contributed by atoms with E-state index in [0.717, 1.165) is 11.4 Å². The second-order valence-corrected chi connectivity index (χ2v) is 11.4. The fourth-order valence-corrected chi connectivity index (χ4v) is 6.11. The molecule has 0 bridgehead atoms. The lowest BCUT2D eigenvalue weighted by atomic mass is 10.2. The fourth-order valence-electron chi connectivity index (χ4n) is 4.29. The van der Waals surface area contributed by atoms with Crippen molar-refractivity contribution in [2.45, 2.75) is 33.2 Å². The molecule has 3 aromatic rings. The number of nitrogens with one attached hydrogen (secondary N) is 1. The van der Waals surface area contributed by atoms with Crippen LogP contribution in [0.3, 0.4) is 0 Å². The number of amides is 1. The SMILES string of the molecule is CCN(c1ccc(Cl)cc1)c1ccc(N=Nc2c(C#N)c(C)nn2C2CCS(=O)(=O)C2)c(NC(C)=O)c1. The van der Waals surface area contributed by atoms with Gasteiger partial charge in [0, 0.05) is 29.9 Å². The molecule has 1 fully saturated rings. The van der Waals surface area contributed by atoms with E-state index in [-0.39, 0.29) is 28.8 Å². The molecule has 0 aliphatic carbocycles. The average molecular weight is 540 g/mol. The lowest BCUT2D eigenvalue weighted by Gasteiger charge is -2.24. The van der Waals surface area contributed by atoms with Crippen molar-refractivity contribution < 1.29 is 13.2 Å². The molecule has 1 aromatic heterocycles. The molecule has 1 atom stereocenters. The Morgan fingerprint density at radius 3 is 2.54 bits per heavy atom. The van der Waals surface area contributed by atoms with E-state index in [1.807, 2.05) is 37.3 Å². The van der Waals surface area contributed by atoms with Crippen LogP contribution in [0.1, 0.15) is 37.6 Å². The van der Waals surface area contributed by atoms with Crippen molar-refractivity contribution in [3.05, 3.63) is 58.7 Å². The Morgan fingerprint density at radius 2 is 1.95 bits per heavy atom. The first-order chi connectivity index (χ1) is 17.6. The maximum Gasteiger partial charge on any atom is 0.221 e. The summed E-state index contributed by atoms with van der Waals surface area (Å²) in [5.74, 6) is -0.0930. The summed E-state index contributed by atoms with van der Waals surface area (Å²) in [5.41, 5.74) is 3.23. The minimum Gasteiger partial charge on any atom is -0.342 e. The van der Waals surface area contributed by atoms with Crippen molar-refractivity contribution >= 4 is 55.9 Å². The molecule has 2 aromatic carbocycles. The number of halogens is 1. The van der Waals surface area contributed by atoms with Crippen LogP contribution >= 0.6 is 11.6 Å². The van der Waals surface area contributed by atoms with E-state index in [2.05, 4.69) is 31.6 Å². The molecule has 1 amide bonds. The molecule has 10 nitrogen and oxygen atoms in total. The summed E-state index contributed by atoms with van der Waals surface area (Å²) in [6.07, 6.45) is 0.389. The van der Waals surface area contributed by atoms with Gasteiger partial charge in [-0.05, 0) is 62.7 Å². The van der Waals surface area contributed by atoms with Gasteiger partial charge in [-0.15, -0.1) is 10.2 Å². The number of nitrogens with zero attached hydrogens (tertiary/aromatic N) is 6. The number of anilines is 3. The Morgan fingerprint density at radius 1 is 1.24 bits per heavy atom. The molecule has 1 aliphatic heterocycles. The topological polar surface area (TPSA) is 133 Å². The van der Waals surface area contributed by atoms with Crippen LogP contribution in [0, 0.1) is 18.3 Å². The van der Waals surface area contributed by atoms with Gasteiger partial charge in [0.1, 0.15) is 17.3 Å². The van der Waals surface area contributed by atoms with Crippen LogP contribution in [-0.4, -0.2) is 42.2 Å². The second kappa shape index (κ2) is 10.7. The quantitative estimate of drug-likeness (QED) is 0.388. The van der Waals surface area contributed by atoms with E-state index < -0.39 is 15.9 Å². The van der Waals surface area contributed by atoms with Crippen LogP contribution in [0.2, 0.25) is 5.02 Å². The minimum absolute atomic E-state index is 0.0603. The van der Waals surface area contributed by atoms with Gasteiger partial charge in [-0.25, -0.2) is 13.1 Å². The van der Waals surface area contributed by atoms with Crippen LogP contribution in [0.25, 0.3) is 0 Å². The lowest BCUT2D eigenvalue weighted by Crippen LogP contribution is -2.16. The molecule has 0 saturated carbocycles. The number of carbonyl (C=O) groups is 1. The van der Waals surface area contributed by atoms with Crippen LogP contribution in [0.4, 0.5) is 28.6 Å². The summed E-state index contributed by atoms with van der Waals surface area (Å²) < 4.78 is 25.5. The standard InChI is InChI=1S/C25H26ClN7O3S/c1-4-32(19-7-5-18(26)6-8-19)20-9-10-23(24(13-20)28-17(3)34)29-30-25-22(14-27)16(2)31-33(25)21-11-12-37(35,36)15-21/h5-10,13,21H,4,11-12,15H2,1-3H3,(H,28,34). The Bertz CT molecular complexity index is 1510. The third-order valence-electron chi connectivity index (χ3n) is 6.04. The molecule has 2 heterocycles. The zero-order valence-electron chi connectivity index (χ0n) is 20.6.